The van der Waals surface area contributed by atoms with Crippen molar-refractivity contribution in [1.82, 2.24) is 0 Å². The van der Waals surface area contributed by atoms with Crippen molar-refractivity contribution in [3.8, 4) is 5.75 Å². The number of hydrogen-bond acceptors (Lipinski definition) is 4. The molecule has 1 amide bonds. The highest BCUT2D eigenvalue weighted by molar-refractivity contribution is 6.34. The van der Waals surface area contributed by atoms with Crippen LogP contribution in [0.1, 0.15) is 44.2 Å². The van der Waals surface area contributed by atoms with Gasteiger partial charge in [-0.1, -0.05) is 93.6 Å². The van der Waals surface area contributed by atoms with E-state index in [-0.39, 0.29) is 29.9 Å². The van der Waals surface area contributed by atoms with E-state index < -0.39 is 10.8 Å². The maximum absolute atomic E-state index is 14.5. The summed E-state index contributed by atoms with van der Waals surface area (Å²) in [6, 6.07) is 27.3. The van der Waals surface area contributed by atoms with Crippen LogP contribution in [0.5, 0.6) is 5.75 Å². The molecule has 1 spiro atoms. The average molecular weight is 493 g/mol. The lowest BCUT2D eigenvalue weighted by Crippen LogP contribution is -2.51. The number of carbonyl (C=O) groups excluding carboxylic acids is 2. The molecule has 0 bridgehead atoms. The Bertz CT molecular complexity index is 1350. The van der Waals surface area contributed by atoms with Gasteiger partial charge in [0.2, 0.25) is 0 Å². The highest BCUT2D eigenvalue weighted by Gasteiger charge is 2.67. The quantitative estimate of drug-likeness (QED) is 0.381. The molecule has 1 aliphatic heterocycles. The number of ether oxygens (including phenoxy) is 1. The van der Waals surface area contributed by atoms with Gasteiger partial charge in [-0.25, -0.2) is 0 Å². The first-order valence-electron chi connectivity index (χ1n) is 12.7. The number of allylic oxidation sites excluding steroid dienone is 1. The Balaban J connectivity index is 1.68. The van der Waals surface area contributed by atoms with Crippen molar-refractivity contribution in [2.24, 2.45) is 21.8 Å². The molecule has 37 heavy (non-hydrogen) atoms. The Kier molecular flexibility index (Phi) is 6.32. The first-order chi connectivity index (χ1) is 17.8. The van der Waals surface area contributed by atoms with Crippen molar-refractivity contribution in [2.75, 3.05) is 12.1 Å². The van der Waals surface area contributed by atoms with Gasteiger partial charge in [-0.2, -0.15) is 10.1 Å². The highest BCUT2D eigenvalue weighted by Crippen LogP contribution is 2.57. The molecule has 188 valence electrons. The predicted molar refractivity (Wildman–Crippen MR) is 148 cm³/mol. The Hall–Kier alpha value is -3.99. The predicted octanol–water partition coefficient (Wildman–Crippen LogP) is 6.52. The number of hydrogen-bond donors (Lipinski definition) is 0. The van der Waals surface area contributed by atoms with Gasteiger partial charge in [0.1, 0.15) is 5.75 Å². The van der Waals surface area contributed by atoms with Crippen LogP contribution in [0.3, 0.4) is 0 Å². The molecular weight excluding hydrogens is 460 g/mol. The lowest BCUT2D eigenvalue weighted by atomic mass is 9.63. The monoisotopic (exact) mass is 492 g/mol. The van der Waals surface area contributed by atoms with E-state index in [0.29, 0.717) is 17.1 Å². The van der Waals surface area contributed by atoms with Gasteiger partial charge in [0, 0.05) is 17.8 Å². The van der Waals surface area contributed by atoms with Crippen LogP contribution in [0.25, 0.3) is 6.08 Å². The first-order valence-corrected chi connectivity index (χ1v) is 12.7. The van der Waals surface area contributed by atoms with Crippen molar-refractivity contribution in [3.05, 3.63) is 102 Å². The normalized spacial score (nSPS) is 23.8. The maximum atomic E-state index is 14.5. The fourth-order valence-corrected chi connectivity index (χ4v) is 5.74. The number of ketones is 1. The summed E-state index contributed by atoms with van der Waals surface area (Å²) in [7, 11) is 1.60. The molecule has 1 heterocycles. The van der Waals surface area contributed by atoms with Gasteiger partial charge in [-0.15, -0.1) is 0 Å². The minimum Gasteiger partial charge on any atom is -0.497 e. The largest absolute Gasteiger partial charge is 0.497 e. The van der Waals surface area contributed by atoms with E-state index in [2.05, 4.69) is 18.2 Å². The van der Waals surface area contributed by atoms with Crippen LogP contribution >= 0.6 is 0 Å². The summed E-state index contributed by atoms with van der Waals surface area (Å²) in [5, 5.41) is 6.32. The minimum absolute atomic E-state index is 0.0706. The van der Waals surface area contributed by atoms with Gasteiger partial charge in [-0.05, 0) is 41.3 Å². The van der Waals surface area contributed by atoms with E-state index in [0.717, 1.165) is 11.1 Å². The fourth-order valence-electron chi connectivity index (χ4n) is 5.74. The third-order valence-corrected chi connectivity index (χ3v) is 7.43. The second-order valence-corrected chi connectivity index (χ2v) is 10.8. The van der Waals surface area contributed by atoms with Gasteiger partial charge < -0.3 is 4.74 Å². The first kappa shape index (κ1) is 24.7. The summed E-state index contributed by atoms with van der Waals surface area (Å²) < 4.78 is 5.30. The number of hydrazone groups is 1. The van der Waals surface area contributed by atoms with Crippen molar-refractivity contribution in [3.63, 3.8) is 0 Å². The fraction of sp³-hybridized carbons (Fsp3) is 0.281. The van der Waals surface area contributed by atoms with Crippen LogP contribution in [-0.4, -0.2) is 24.5 Å². The lowest BCUT2D eigenvalue weighted by molar-refractivity contribution is -0.134. The average Bonchev–Trinajstić information content (AvgIpc) is 3.38. The van der Waals surface area contributed by atoms with Gasteiger partial charge in [-0.3, -0.25) is 9.59 Å². The van der Waals surface area contributed by atoms with Crippen LogP contribution < -0.4 is 9.75 Å². The third-order valence-electron chi connectivity index (χ3n) is 7.43. The van der Waals surface area contributed by atoms with Gasteiger partial charge in [0.25, 0.3) is 5.91 Å². The molecule has 2 aliphatic rings. The molecule has 1 fully saturated rings. The molecule has 0 aromatic heterocycles. The van der Waals surface area contributed by atoms with E-state index >= 15 is 0 Å². The minimum atomic E-state index is -1.37. The third kappa shape index (κ3) is 4.18. The molecule has 3 atom stereocenters. The number of amides is 1. The number of nitrogens with zero attached hydrogens (tertiary/aromatic N) is 2. The summed E-state index contributed by atoms with van der Waals surface area (Å²) in [4.78, 5) is 28.6. The lowest BCUT2D eigenvalue weighted by Gasteiger charge is -2.35. The van der Waals surface area contributed by atoms with Crippen LogP contribution in [0, 0.1) is 16.7 Å². The van der Waals surface area contributed by atoms with Gasteiger partial charge >= 0.3 is 0 Å². The van der Waals surface area contributed by atoms with E-state index in [1.54, 1.807) is 19.2 Å². The van der Waals surface area contributed by atoms with Crippen LogP contribution in [-0.2, 0) is 9.59 Å². The molecule has 5 heteroatoms. The SMILES string of the molecule is COc1ccc(N2N=C(C(C)(C)C)[C@@]3(C(=O)C[C@H](c4ccccc4)[C@H]3/C=C/c3ccccc3)C2=O)cc1. The van der Waals surface area contributed by atoms with Crippen molar-refractivity contribution < 1.29 is 14.3 Å². The van der Waals surface area contributed by atoms with Gasteiger partial charge in [0.05, 0.1) is 18.5 Å². The van der Waals surface area contributed by atoms with Crippen LogP contribution in [0.2, 0.25) is 0 Å². The van der Waals surface area contributed by atoms with Gasteiger partial charge in [0.15, 0.2) is 11.2 Å². The summed E-state index contributed by atoms with van der Waals surface area (Å²) in [6.45, 7) is 6.08. The summed E-state index contributed by atoms with van der Waals surface area (Å²) >= 11 is 0. The standard InChI is InChI=1S/C32H32N2O3/c1-31(2,3)29-32(30(36)34(33-29)24-16-18-25(37-4)19-17-24)27(20-15-22-11-7-5-8-12-22)26(21-28(32)35)23-13-9-6-10-14-23/h5-20,26-27H,21H2,1-4H3/b20-15+/t26-,27-,32-/m1/s1. The molecule has 0 saturated heterocycles. The second kappa shape index (κ2) is 9.47. The zero-order chi connectivity index (χ0) is 26.2. The Morgan fingerprint density at radius 3 is 2.14 bits per heavy atom. The molecule has 3 aromatic carbocycles. The summed E-state index contributed by atoms with van der Waals surface area (Å²) in [5.41, 5.74) is 1.44. The van der Waals surface area contributed by atoms with E-state index in [1.807, 2.05) is 87.5 Å². The zero-order valence-corrected chi connectivity index (χ0v) is 21.7. The second-order valence-electron chi connectivity index (χ2n) is 10.8. The van der Waals surface area contributed by atoms with Crippen LogP contribution in [0.15, 0.2) is 96.1 Å². The molecule has 5 rings (SSSR count). The number of benzene rings is 3. The van der Waals surface area contributed by atoms with Crippen molar-refractivity contribution in [2.45, 2.75) is 33.1 Å². The Morgan fingerprint density at radius 1 is 0.919 bits per heavy atom. The molecule has 1 aliphatic carbocycles. The Labute approximate surface area is 218 Å². The number of rotatable bonds is 5. The number of methoxy groups -OCH3 is 1. The molecule has 0 radical (unpaired) electrons. The molecule has 1 saturated carbocycles. The molecule has 0 N–H and O–H groups in total. The number of anilines is 1. The molecule has 5 nitrogen and oxygen atoms in total. The molecule has 0 unspecified atom stereocenters. The smallest absolute Gasteiger partial charge is 0.267 e. The summed E-state index contributed by atoms with van der Waals surface area (Å²) in [6.07, 6.45) is 4.38. The summed E-state index contributed by atoms with van der Waals surface area (Å²) in [5.74, 6) is -0.181. The van der Waals surface area contributed by atoms with E-state index in [9.17, 15) is 9.59 Å². The highest BCUT2D eigenvalue weighted by atomic mass is 16.5. The van der Waals surface area contributed by atoms with Crippen molar-refractivity contribution >= 4 is 29.2 Å². The van der Waals surface area contributed by atoms with E-state index in [4.69, 9.17) is 9.84 Å². The van der Waals surface area contributed by atoms with Crippen molar-refractivity contribution in [1.29, 1.82) is 0 Å². The maximum Gasteiger partial charge on any atom is 0.267 e. The Morgan fingerprint density at radius 2 is 1.54 bits per heavy atom. The molecule has 3 aromatic rings. The number of Topliss-reactive ketones (excluding diaryl/α,β-unsaturated/α-hetero) is 1. The topological polar surface area (TPSA) is 59.0 Å². The zero-order valence-electron chi connectivity index (χ0n) is 21.7. The van der Waals surface area contributed by atoms with Crippen LogP contribution in [0.4, 0.5) is 5.69 Å². The van der Waals surface area contributed by atoms with E-state index in [1.165, 1.54) is 5.01 Å². The number of carbonyl (C=O) groups is 2. The molecular formula is C32H32N2O3.